The van der Waals surface area contributed by atoms with Gasteiger partial charge in [-0.15, -0.1) is 11.3 Å². The second-order valence-electron chi connectivity index (χ2n) is 5.93. The first-order chi connectivity index (χ1) is 11.1. The molecule has 0 aromatic carbocycles. The van der Waals surface area contributed by atoms with Gasteiger partial charge in [0.2, 0.25) is 0 Å². The topological polar surface area (TPSA) is 64.0 Å². The molecule has 0 fully saturated rings. The molecule has 0 aliphatic carbocycles. The minimum absolute atomic E-state index is 0.0745. The largest absolute Gasteiger partial charge is 0.344 e. The number of carbonyl (C=O) groups is 1. The summed E-state index contributed by atoms with van der Waals surface area (Å²) in [5, 5.41) is 5.71. The number of amides is 1. The van der Waals surface area contributed by atoms with Gasteiger partial charge < -0.3 is 5.32 Å². The molecule has 1 aliphatic heterocycles. The molecule has 7 heteroatoms. The summed E-state index contributed by atoms with van der Waals surface area (Å²) in [7, 11) is 0. The van der Waals surface area contributed by atoms with Gasteiger partial charge in [-0.05, 0) is 23.8 Å². The van der Waals surface area contributed by atoms with Crippen LogP contribution in [-0.2, 0) is 6.54 Å². The molecule has 0 saturated carbocycles. The van der Waals surface area contributed by atoms with E-state index in [4.69, 9.17) is 0 Å². The number of nitrogens with zero attached hydrogens (tertiary/aromatic N) is 2. The molecule has 23 heavy (non-hydrogen) atoms. The van der Waals surface area contributed by atoms with Crippen molar-refractivity contribution in [2.24, 2.45) is 5.92 Å². The molecule has 122 valence electrons. The fourth-order valence-electron chi connectivity index (χ4n) is 2.62. The van der Waals surface area contributed by atoms with Crippen molar-refractivity contribution in [3.63, 3.8) is 0 Å². The standard InChI is InChI=1S/C16H19N3O2S2/c1-10(2)8-12(13-4-3-6-22-13)18-14(20)11-9-17-16-19(15(11)21)5-7-23-16/h3-4,6,9-10,12H,5,7-8H2,1-2H3,(H,18,20). The third kappa shape index (κ3) is 3.50. The summed E-state index contributed by atoms with van der Waals surface area (Å²) in [6, 6.07) is 3.92. The van der Waals surface area contributed by atoms with E-state index in [2.05, 4.69) is 24.1 Å². The van der Waals surface area contributed by atoms with Gasteiger partial charge in [0, 0.05) is 23.4 Å². The number of carbonyl (C=O) groups excluding carboxylic acids is 1. The van der Waals surface area contributed by atoms with E-state index in [1.807, 2.05) is 17.5 Å². The summed E-state index contributed by atoms with van der Waals surface area (Å²) >= 11 is 3.16. The number of fused-ring (bicyclic) bond motifs is 1. The smallest absolute Gasteiger partial charge is 0.267 e. The van der Waals surface area contributed by atoms with Gasteiger partial charge in [0.05, 0.1) is 6.04 Å². The Labute approximate surface area is 143 Å². The van der Waals surface area contributed by atoms with Crippen LogP contribution in [0, 0.1) is 5.92 Å². The van der Waals surface area contributed by atoms with Crippen molar-refractivity contribution in [2.75, 3.05) is 5.75 Å². The minimum atomic E-state index is -0.339. The Morgan fingerprint density at radius 2 is 2.30 bits per heavy atom. The van der Waals surface area contributed by atoms with E-state index in [0.29, 0.717) is 17.6 Å². The van der Waals surface area contributed by atoms with Crippen LogP contribution in [0.4, 0.5) is 0 Å². The van der Waals surface area contributed by atoms with Crippen LogP contribution in [0.5, 0.6) is 0 Å². The van der Waals surface area contributed by atoms with Crippen LogP contribution in [0.2, 0.25) is 0 Å². The highest BCUT2D eigenvalue weighted by atomic mass is 32.2. The Bertz CT molecular complexity index is 753. The average molecular weight is 349 g/mol. The zero-order chi connectivity index (χ0) is 16.4. The van der Waals surface area contributed by atoms with Crippen molar-refractivity contribution in [1.82, 2.24) is 14.9 Å². The third-order valence-corrected chi connectivity index (χ3v) is 5.66. The third-order valence-electron chi connectivity index (χ3n) is 3.70. The summed E-state index contributed by atoms with van der Waals surface area (Å²) in [5.41, 5.74) is -0.117. The molecule has 0 spiro atoms. The molecule has 2 aromatic rings. The van der Waals surface area contributed by atoms with E-state index in [0.717, 1.165) is 17.1 Å². The van der Waals surface area contributed by atoms with Crippen molar-refractivity contribution in [3.05, 3.63) is 44.5 Å². The molecule has 1 N–H and O–H groups in total. The molecular weight excluding hydrogens is 330 g/mol. The number of hydrogen-bond acceptors (Lipinski definition) is 5. The Morgan fingerprint density at radius 1 is 1.48 bits per heavy atom. The Balaban J connectivity index is 1.84. The van der Waals surface area contributed by atoms with E-state index in [1.54, 1.807) is 27.7 Å². The van der Waals surface area contributed by atoms with Crippen molar-refractivity contribution < 1.29 is 4.79 Å². The van der Waals surface area contributed by atoms with Crippen LogP contribution in [0.15, 0.2) is 33.7 Å². The van der Waals surface area contributed by atoms with E-state index in [9.17, 15) is 9.59 Å². The second-order valence-corrected chi connectivity index (χ2v) is 7.97. The lowest BCUT2D eigenvalue weighted by atomic mass is 10.0. The van der Waals surface area contributed by atoms with Gasteiger partial charge in [0.15, 0.2) is 5.16 Å². The lowest BCUT2D eigenvalue weighted by molar-refractivity contribution is 0.0930. The monoisotopic (exact) mass is 349 g/mol. The first-order valence-corrected chi connectivity index (χ1v) is 9.49. The van der Waals surface area contributed by atoms with Crippen molar-refractivity contribution >= 4 is 29.0 Å². The van der Waals surface area contributed by atoms with Crippen LogP contribution in [0.3, 0.4) is 0 Å². The molecule has 3 heterocycles. The number of thiophene rings is 1. The molecule has 0 bridgehead atoms. The lowest BCUT2D eigenvalue weighted by Gasteiger charge is -2.19. The van der Waals surface area contributed by atoms with Gasteiger partial charge in [-0.2, -0.15) is 0 Å². The highest BCUT2D eigenvalue weighted by Gasteiger charge is 2.23. The van der Waals surface area contributed by atoms with Crippen LogP contribution in [0.1, 0.15) is 41.5 Å². The van der Waals surface area contributed by atoms with Crippen molar-refractivity contribution in [1.29, 1.82) is 0 Å². The molecule has 2 aromatic heterocycles. The molecular formula is C16H19N3O2S2. The van der Waals surface area contributed by atoms with Gasteiger partial charge >= 0.3 is 0 Å². The number of hydrogen-bond donors (Lipinski definition) is 1. The highest BCUT2D eigenvalue weighted by Crippen LogP contribution is 2.26. The maximum atomic E-state index is 12.6. The lowest BCUT2D eigenvalue weighted by Crippen LogP contribution is -2.35. The van der Waals surface area contributed by atoms with Gasteiger partial charge in [0.25, 0.3) is 11.5 Å². The predicted octanol–water partition coefficient (Wildman–Crippen LogP) is 2.93. The fourth-order valence-corrected chi connectivity index (χ4v) is 4.32. The van der Waals surface area contributed by atoms with Crippen molar-refractivity contribution in [2.45, 2.75) is 38.0 Å². The fraction of sp³-hybridized carbons (Fsp3) is 0.438. The summed E-state index contributed by atoms with van der Waals surface area (Å²) < 4.78 is 1.59. The summed E-state index contributed by atoms with van der Waals surface area (Å²) in [6.07, 6.45) is 2.24. The SMILES string of the molecule is CC(C)CC(NC(=O)c1cnc2n(c1=O)CCS2)c1cccs1. The quantitative estimate of drug-likeness (QED) is 0.843. The zero-order valence-corrected chi connectivity index (χ0v) is 14.7. The Kier molecular flexibility index (Phi) is 4.87. The number of rotatable bonds is 5. The van der Waals surface area contributed by atoms with Gasteiger partial charge in [0.1, 0.15) is 5.56 Å². The molecule has 1 aliphatic rings. The van der Waals surface area contributed by atoms with E-state index < -0.39 is 0 Å². The molecule has 0 radical (unpaired) electrons. The molecule has 0 saturated heterocycles. The molecule has 1 amide bonds. The molecule has 3 rings (SSSR count). The Hall–Kier alpha value is -1.60. The maximum Gasteiger partial charge on any atom is 0.267 e. The average Bonchev–Trinajstić information content (AvgIpc) is 3.18. The van der Waals surface area contributed by atoms with Crippen molar-refractivity contribution in [3.8, 4) is 0 Å². The first-order valence-electron chi connectivity index (χ1n) is 7.63. The predicted molar refractivity (Wildman–Crippen MR) is 93.2 cm³/mol. The number of nitrogens with one attached hydrogen (secondary N) is 1. The highest BCUT2D eigenvalue weighted by molar-refractivity contribution is 7.99. The van der Waals surface area contributed by atoms with Gasteiger partial charge in [-0.25, -0.2) is 4.98 Å². The second kappa shape index (κ2) is 6.88. The summed E-state index contributed by atoms with van der Waals surface area (Å²) in [6.45, 7) is 4.86. The van der Waals surface area contributed by atoms with Crippen LogP contribution < -0.4 is 10.9 Å². The Morgan fingerprint density at radius 3 is 3.00 bits per heavy atom. The van der Waals surface area contributed by atoms with E-state index in [1.165, 1.54) is 6.20 Å². The number of thioether (sulfide) groups is 1. The first kappa shape index (κ1) is 16.3. The van der Waals surface area contributed by atoms with E-state index in [-0.39, 0.29) is 23.1 Å². The minimum Gasteiger partial charge on any atom is -0.344 e. The molecule has 1 atom stereocenters. The maximum absolute atomic E-state index is 12.6. The van der Waals surface area contributed by atoms with Gasteiger partial charge in [-0.1, -0.05) is 31.7 Å². The summed E-state index contributed by atoms with van der Waals surface area (Å²) in [4.78, 5) is 30.4. The molecule has 5 nitrogen and oxygen atoms in total. The molecule has 1 unspecified atom stereocenters. The summed E-state index contributed by atoms with van der Waals surface area (Å²) in [5.74, 6) is 0.935. The zero-order valence-electron chi connectivity index (χ0n) is 13.1. The van der Waals surface area contributed by atoms with E-state index >= 15 is 0 Å². The van der Waals surface area contributed by atoms with Gasteiger partial charge in [-0.3, -0.25) is 14.2 Å². The number of aromatic nitrogens is 2. The van der Waals surface area contributed by atoms with Crippen LogP contribution >= 0.6 is 23.1 Å². The van der Waals surface area contributed by atoms with Crippen LogP contribution in [0.25, 0.3) is 0 Å². The van der Waals surface area contributed by atoms with Crippen LogP contribution in [-0.4, -0.2) is 21.2 Å². The normalized spacial score (nSPS) is 14.7.